The van der Waals surface area contributed by atoms with Crippen LogP contribution >= 0.6 is 0 Å². The van der Waals surface area contributed by atoms with E-state index in [0.717, 1.165) is 16.5 Å². The summed E-state index contributed by atoms with van der Waals surface area (Å²) < 4.78 is 0. The minimum absolute atomic E-state index is 0.410. The van der Waals surface area contributed by atoms with E-state index in [2.05, 4.69) is 15.7 Å². The molecule has 0 atom stereocenters. The van der Waals surface area contributed by atoms with E-state index in [1.54, 1.807) is 0 Å². The molecule has 0 unspecified atom stereocenters. The van der Waals surface area contributed by atoms with Gasteiger partial charge in [0.15, 0.2) is 12.4 Å². The SMILES string of the molecule is Cc1nnc(NOCC(=O)O)c2ccccc12. The molecule has 17 heavy (non-hydrogen) atoms. The molecular weight excluding hydrogens is 222 g/mol. The Morgan fingerprint density at radius 2 is 2.06 bits per heavy atom. The van der Waals surface area contributed by atoms with Crippen LogP contribution in [0.1, 0.15) is 5.69 Å². The molecule has 1 aromatic heterocycles. The Morgan fingerprint density at radius 3 is 2.76 bits per heavy atom. The smallest absolute Gasteiger partial charge is 0.332 e. The molecule has 1 aromatic carbocycles. The Balaban J connectivity index is 2.28. The number of nitrogens with one attached hydrogen (secondary N) is 1. The lowest BCUT2D eigenvalue weighted by Gasteiger charge is -2.07. The third-order valence-corrected chi connectivity index (χ3v) is 2.24. The van der Waals surface area contributed by atoms with Gasteiger partial charge >= 0.3 is 5.97 Å². The predicted octanol–water partition coefficient (Wildman–Crippen LogP) is 1.37. The van der Waals surface area contributed by atoms with E-state index in [4.69, 9.17) is 9.94 Å². The van der Waals surface area contributed by atoms with Crippen molar-refractivity contribution in [2.45, 2.75) is 6.92 Å². The molecule has 0 aliphatic heterocycles. The number of anilines is 1. The average Bonchev–Trinajstić information content (AvgIpc) is 2.32. The molecule has 0 fully saturated rings. The maximum atomic E-state index is 10.3. The van der Waals surface area contributed by atoms with Gasteiger partial charge in [-0.15, -0.1) is 5.10 Å². The Morgan fingerprint density at radius 1 is 1.35 bits per heavy atom. The summed E-state index contributed by atoms with van der Waals surface area (Å²) in [4.78, 5) is 15.1. The first-order chi connectivity index (χ1) is 8.18. The van der Waals surface area contributed by atoms with Crippen LogP contribution in [0.2, 0.25) is 0 Å². The van der Waals surface area contributed by atoms with Gasteiger partial charge in [0.1, 0.15) is 0 Å². The fraction of sp³-hybridized carbons (Fsp3) is 0.182. The van der Waals surface area contributed by atoms with Crippen LogP contribution in [-0.2, 0) is 9.63 Å². The number of aromatic nitrogens is 2. The van der Waals surface area contributed by atoms with E-state index in [9.17, 15) is 4.79 Å². The summed E-state index contributed by atoms with van der Waals surface area (Å²) in [5, 5.41) is 18.1. The monoisotopic (exact) mass is 233 g/mol. The van der Waals surface area contributed by atoms with Crippen LogP contribution < -0.4 is 5.48 Å². The highest BCUT2D eigenvalue weighted by atomic mass is 16.7. The van der Waals surface area contributed by atoms with Gasteiger partial charge in [-0.1, -0.05) is 24.3 Å². The number of rotatable bonds is 4. The molecular formula is C11H11N3O3. The molecule has 0 aliphatic rings. The van der Waals surface area contributed by atoms with Crippen molar-refractivity contribution in [3.05, 3.63) is 30.0 Å². The first kappa shape index (κ1) is 11.3. The zero-order valence-corrected chi connectivity index (χ0v) is 9.17. The van der Waals surface area contributed by atoms with Crippen LogP contribution in [0.4, 0.5) is 5.82 Å². The fourth-order valence-corrected chi connectivity index (χ4v) is 1.48. The van der Waals surface area contributed by atoms with Gasteiger partial charge in [-0.3, -0.25) is 4.84 Å². The number of nitrogens with zero attached hydrogens (tertiary/aromatic N) is 2. The van der Waals surface area contributed by atoms with Crippen molar-refractivity contribution < 1.29 is 14.7 Å². The average molecular weight is 233 g/mol. The molecule has 0 saturated heterocycles. The largest absolute Gasteiger partial charge is 0.479 e. The molecule has 0 radical (unpaired) electrons. The highest BCUT2D eigenvalue weighted by molar-refractivity contribution is 5.92. The molecule has 0 saturated carbocycles. The number of hydrogen-bond donors (Lipinski definition) is 2. The number of benzene rings is 1. The summed E-state index contributed by atoms with van der Waals surface area (Å²) in [6.07, 6.45) is 0. The van der Waals surface area contributed by atoms with Crippen molar-refractivity contribution in [1.29, 1.82) is 0 Å². The second-order valence-electron chi connectivity index (χ2n) is 3.46. The Kier molecular flexibility index (Phi) is 3.15. The molecule has 2 rings (SSSR count). The minimum atomic E-state index is -1.05. The van der Waals surface area contributed by atoms with E-state index < -0.39 is 12.6 Å². The highest BCUT2D eigenvalue weighted by Gasteiger charge is 2.06. The van der Waals surface area contributed by atoms with Crippen LogP contribution in [0.5, 0.6) is 0 Å². The van der Waals surface area contributed by atoms with Gasteiger partial charge in [-0.05, 0) is 6.92 Å². The van der Waals surface area contributed by atoms with E-state index in [-0.39, 0.29) is 0 Å². The third-order valence-electron chi connectivity index (χ3n) is 2.24. The van der Waals surface area contributed by atoms with Crippen molar-refractivity contribution in [3.8, 4) is 0 Å². The summed E-state index contributed by atoms with van der Waals surface area (Å²) in [7, 11) is 0. The van der Waals surface area contributed by atoms with Gasteiger partial charge in [-0.25, -0.2) is 10.3 Å². The van der Waals surface area contributed by atoms with E-state index in [1.165, 1.54) is 0 Å². The van der Waals surface area contributed by atoms with E-state index >= 15 is 0 Å². The van der Waals surface area contributed by atoms with Gasteiger partial charge < -0.3 is 5.11 Å². The standard InChI is InChI=1S/C11H11N3O3/c1-7-8-4-2-3-5-9(8)11(13-12-7)14-17-6-10(15)16/h2-5H,6H2,1H3,(H,13,14)(H,15,16). The molecule has 2 N–H and O–H groups in total. The fourth-order valence-electron chi connectivity index (χ4n) is 1.48. The number of carbonyl (C=O) groups is 1. The second-order valence-corrected chi connectivity index (χ2v) is 3.46. The van der Waals surface area contributed by atoms with Crippen molar-refractivity contribution >= 4 is 22.6 Å². The number of carboxylic acids is 1. The van der Waals surface area contributed by atoms with E-state index in [1.807, 2.05) is 31.2 Å². The molecule has 88 valence electrons. The predicted molar refractivity (Wildman–Crippen MR) is 61.5 cm³/mol. The molecule has 0 bridgehead atoms. The maximum Gasteiger partial charge on any atom is 0.332 e. The number of hydrogen-bond acceptors (Lipinski definition) is 5. The Labute approximate surface area is 97.2 Å². The number of aryl methyl sites for hydroxylation is 1. The summed E-state index contributed by atoms with van der Waals surface area (Å²) >= 11 is 0. The van der Waals surface area contributed by atoms with Crippen molar-refractivity contribution in [2.24, 2.45) is 0 Å². The Hall–Kier alpha value is -2.21. The third kappa shape index (κ3) is 2.48. The molecule has 0 aliphatic carbocycles. The second kappa shape index (κ2) is 4.75. The zero-order valence-electron chi connectivity index (χ0n) is 9.17. The molecule has 0 amide bonds. The maximum absolute atomic E-state index is 10.3. The van der Waals surface area contributed by atoms with Crippen molar-refractivity contribution in [1.82, 2.24) is 10.2 Å². The first-order valence-corrected chi connectivity index (χ1v) is 5.00. The van der Waals surface area contributed by atoms with Crippen LogP contribution in [0.15, 0.2) is 24.3 Å². The Bertz CT molecular complexity index is 557. The lowest BCUT2D eigenvalue weighted by atomic mass is 10.1. The summed E-state index contributed by atoms with van der Waals surface area (Å²) in [6, 6.07) is 7.55. The summed E-state index contributed by atoms with van der Waals surface area (Å²) in [6.45, 7) is 1.42. The number of aliphatic carboxylic acids is 1. The van der Waals surface area contributed by atoms with Crippen LogP contribution in [0, 0.1) is 6.92 Å². The van der Waals surface area contributed by atoms with Crippen LogP contribution in [0.3, 0.4) is 0 Å². The lowest BCUT2D eigenvalue weighted by Crippen LogP contribution is -2.12. The topological polar surface area (TPSA) is 84.3 Å². The first-order valence-electron chi connectivity index (χ1n) is 5.00. The molecule has 2 aromatic rings. The van der Waals surface area contributed by atoms with Crippen LogP contribution in [0.25, 0.3) is 10.8 Å². The van der Waals surface area contributed by atoms with E-state index in [0.29, 0.717) is 5.82 Å². The quantitative estimate of drug-likeness (QED) is 0.776. The van der Waals surface area contributed by atoms with Gasteiger partial charge in [0.25, 0.3) is 0 Å². The van der Waals surface area contributed by atoms with Gasteiger partial charge in [0, 0.05) is 10.8 Å². The van der Waals surface area contributed by atoms with Gasteiger partial charge in [0.05, 0.1) is 5.69 Å². The van der Waals surface area contributed by atoms with Crippen molar-refractivity contribution in [2.75, 3.05) is 12.1 Å². The van der Waals surface area contributed by atoms with Crippen molar-refractivity contribution in [3.63, 3.8) is 0 Å². The molecule has 0 spiro atoms. The highest BCUT2D eigenvalue weighted by Crippen LogP contribution is 2.21. The zero-order chi connectivity index (χ0) is 12.3. The number of carboxylic acid groups (broad SMARTS) is 1. The van der Waals surface area contributed by atoms with Gasteiger partial charge in [0.2, 0.25) is 0 Å². The minimum Gasteiger partial charge on any atom is -0.479 e. The van der Waals surface area contributed by atoms with Crippen LogP contribution in [-0.4, -0.2) is 27.9 Å². The normalized spacial score (nSPS) is 10.4. The number of fused-ring (bicyclic) bond motifs is 1. The molecule has 6 heteroatoms. The summed E-state index contributed by atoms with van der Waals surface area (Å²) in [5.74, 6) is -0.644. The molecule has 1 heterocycles. The lowest BCUT2D eigenvalue weighted by molar-refractivity contribution is -0.141. The summed E-state index contributed by atoms with van der Waals surface area (Å²) in [5.41, 5.74) is 3.30. The van der Waals surface area contributed by atoms with Gasteiger partial charge in [-0.2, -0.15) is 5.10 Å². The molecule has 6 nitrogen and oxygen atoms in total.